The molecule has 2 heterocycles. The van der Waals surface area contributed by atoms with Crippen LogP contribution in [0.25, 0.3) is 0 Å². The fourth-order valence-corrected chi connectivity index (χ4v) is 6.17. The van der Waals surface area contributed by atoms with E-state index in [9.17, 15) is 4.79 Å². The third-order valence-electron chi connectivity index (χ3n) is 6.70. The molecule has 0 bridgehead atoms. The summed E-state index contributed by atoms with van der Waals surface area (Å²) in [6.45, 7) is 10.9. The molecule has 0 aromatic heterocycles. The number of ketones is 1. The lowest BCUT2D eigenvalue weighted by Gasteiger charge is -2.43. The van der Waals surface area contributed by atoms with Crippen LogP contribution in [0.5, 0.6) is 0 Å². The van der Waals surface area contributed by atoms with E-state index in [1.54, 1.807) is 11.8 Å². The zero-order chi connectivity index (χ0) is 21.4. The van der Waals surface area contributed by atoms with Crippen LogP contribution in [0.1, 0.15) is 62.0 Å². The van der Waals surface area contributed by atoms with Crippen molar-refractivity contribution in [2.75, 3.05) is 19.8 Å². The number of hydrogen-bond acceptors (Lipinski definition) is 6. The van der Waals surface area contributed by atoms with E-state index < -0.39 is 0 Å². The zero-order valence-electron chi connectivity index (χ0n) is 18.5. The minimum absolute atomic E-state index is 0.244. The number of aryl methyl sites for hydroxylation is 2. The highest BCUT2D eigenvalue weighted by Gasteiger charge is 2.39. The maximum absolute atomic E-state index is 12.4. The molecule has 0 saturated carbocycles. The van der Waals surface area contributed by atoms with Gasteiger partial charge in [0.1, 0.15) is 12.5 Å². The summed E-state index contributed by atoms with van der Waals surface area (Å²) in [4.78, 5) is 25.4. The Morgan fingerprint density at radius 2 is 2.03 bits per heavy atom. The molecule has 2 unspecified atom stereocenters. The summed E-state index contributed by atoms with van der Waals surface area (Å²) in [5, 5.41) is 1.25. The average molecular weight is 425 g/mol. The van der Waals surface area contributed by atoms with Crippen LogP contribution in [0.4, 0.5) is 0 Å². The molecule has 0 fully saturated rings. The number of allylic oxidation sites excluding steroid dienone is 1. The molecule has 0 amide bonds. The Balaban J connectivity index is 1.77. The summed E-state index contributed by atoms with van der Waals surface area (Å²) in [6, 6.07) is 4.40. The van der Waals surface area contributed by atoms with Gasteiger partial charge in [0.25, 0.3) is 0 Å². The van der Waals surface area contributed by atoms with Crippen LogP contribution in [0.15, 0.2) is 37.6 Å². The van der Waals surface area contributed by atoms with Gasteiger partial charge in [0, 0.05) is 29.1 Å². The third-order valence-corrected chi connectivity index (χ3v) is 8.04. The summed E-state index contributed by atoms with van der Waals surface area (Å²) in [5.41, 5.74) is 11.9. The van der Waals surface area contributed by atoms with Gasteiger partial charge in [-0.25, -0.2) is 4.99 Å². The van der Waals surface area contributed by atoms with Crippen LogP contribution >= 0.6 is 11.8 Å². The molecule has 5 nitrogen and oxygen atoms in total. The second kappa shape index (κ2) is 8.67. The Morgan fingerprint density at radius 3 is 2.77 bits per heavy atom. The quantitative estimate of drug-likeness (QED) is 0.732. The zero-order valence-corrected chi connectivity index (χ0v) is 19.3. The minimum atomic E-state index is 0.244. The van der Waals surface area contributed by atoms with Gasteiger partial charge in [0.05, 0.1) is 10.9 Å². The fourth-order valence-electron chi connectivity index (χ4n) is 4.80. The summed E-state index contributed by atoms with van der Waals surface area (Å²) >= 11 is 1.80. The Bertz CT molecular complexity index is 962. The van der Waals surface area contributed by atoms with E-state index in [-0.39, 0.29) is 11.7 Å². The summed E-state index contributed by atoms with van der Waals surface area (Å²) in [5.74, 6) is 2.01. The number of Topliss-reactive ketones (excluding diaryl/α,β-unsaturated/α-hetero) is 1. The number of amidine groups is 1. The van der Waals surface area contributed by atoms with E-state index in [1.165, 1.54) is 32.3 Å². The lowest BCUT2D eigenvalue weighted by molar-refractivity contribution is 0.0994. The van der Waals surface area contributed by atoms with E-state index in [4.69, 9.17) is 10.7 Å². The second-order valence-corrected chi connectivity index (χ2v) is 9.53. The number of fused-ring (bicyclic) bond motifs is 2. The van der Waals surface area contributed by atoms with E-state index in [1.807, 2.05) is 0 Å². The molecule has 6 heteroatoms. The Hall–Kier alpha value is -1.92. The van der Waals surface area contributed by atoms with Gasteiger partial charge >= 0.3 is 0 Å². The Labute approximate surface area is 183 Å². The highest BCUT2D eigenvalue weighted by Crippen LogP contribution is 2.44. The fraction of sp³-hybridized carbons (Fsp3) is 0.542. The number of nitrogens with zero attached hydrogens (tertiary/aromatic N) is 3. The number of hydrogen-bond donors (Lipinski definition) is 1. The molecule has 2 aliphatic heterocycles. The number of aliphatic imine (C=N–C) groups is 2. The molecule has 4 rings (SSSR count). The van der Waals surface area contributed by atoms with Gasteiger partial charge in [-0.15, -0.1) is 0 Å². The van der Waals surface area contributed by atoms with Crippen LogP contribution in [0, 0.1) is 11.8 Å². The van der Waals surface area contributed by atoms with Crippen LogP contribution in [0.3, 0.4) is 0 Å². The molecule has 0 radical (unpaired) electrons. The molecule has 2 atom stereocenters. The van der Waals surface area contributed by atoms with Crippen molar-refractivity contribution in [2.45, 2.75) is 58.3 Å². The minimum Gasteiger partial charge on any atom is -0.330 e. The third kappa shape index (κ3) is 3.65. The van der Waals surface area contributed by atoms with Crippen molar-refractivity contribution in [1.29, 1.82) is 0 Å². The van der Waals surface area contributed by atoms with Gasteiger partial charge in [-0.2, -0.15) is 0 Å². The molecule has 1 aliphatic carbocycles. The number of nitrogens with two attached hydrogens (primary N) is 1. The van der Waals surface area contributed by atoms with Gasteiger partial charge in [-0.3, -0.25) is 9.79 Å². The first-order valence-electron chi connectivity index (χ1n) is 11.1. The van der Waals surface area contributed by atoms with Gasteiger partial charge < -0.3 is 10.6 Å². The van der Waals surface area contributed by atoms with E-state index in [0.717, 1.165) is 37.2 Å². The van der Waals surface area contributed by atoms with Crippen molar-refractivity contribution < 1.29 is 4.79 Å². The van der Waals surface area contributed by atoms with E-state index in [2.05, 4.69) is 49.7 Å². The lowest BCUT2D eigenvalue weighted by Crippen LogP contribution is -2.47. The van der Waals surface area contributed by atoms with Crippen molar-refractivity contribution >= 4 is 29.1 Å². The summed E-state index contributed by atoms with van der Waals surface area (Å²) in [6.07, 6.45) is 3.40. The number of thioether (sulfide) groups is 1. The van der Waals surface area contributed by atoms with Crippen LogP contribution in [0.2, 0.25) is 0 Å². The Kier molecular flexibility index (Phi) is 6.16. The first-order chi connectivity index (χ1) is 14.5. The molecule has 30 heavy (non-hydrogen) atoms. The topological polar surface area (TPSA) is 71.1 Å². The van der Waals surface area contributed by atoms with Gasteiger partial charge in [0.2, 0.25) is 0 Å². The Morgan fingerprint density at radius 1 is 1.23 bits per heavy atom. The first-order valence-corrected chi connectivity index (χ1v) is 11.9. The summed E-state index contributed by atoms with van der Waals surface area (Å²) in [7, 11) is 0. The van der Waals surface area contributed by atoms with Crippen molar-refractivity contribution in [3.63, 3.8) is 0 Å². The monoisotopic (exact) mass is 424 g/mol. The molecule has 0 spiro atoms. The normalized spacial score (nSPS) is 23.4. The largest absolute Gasteiger partial charge is 0.330 e. The number of benzene rings is 1. The van der Waals surface area contributed by atoms with Crippen molar-refractivity contribution in [3.8, 4) is 0 Å². The van der Waals surface area contributed by atoms with Gasteiger partial charge in [0.15, 0.2) is 5.78 Å². The van der Waals surface area contributed by atoms with Gasteiger partial charge in [-0.05, 0) is 68.3 Å². The molecule has 0 saturated heterocycles. The highest BCUT2D eigenvalue weighted by molar-refractivity contribution is 8.03. The van der Waals surface area contributed by atoms with Gasteiger partial charge in [-0.1, -0.05) is 31.7 Å². The maximum atomic E-state index is 12.4. The SMILES string of the molecule is CCc1cc2c(cc1SC1=C(C)C(C)C3C(C)=NCN=C3N1CCCN)C(=O)CC2. The molecule has 1 aromatic carbocycles. The molecule has 2 N–H and O–H groups in total. The van der Waals surface area contributed by atoms with Crippen molar-refractivity contribution in [2.24, 2.45) is 27.6 Å². The predicted octanol–water partition coefficient (Wildman–Crippen LogP) is 4.45. The first kappa shape index (κ1) is 21.3. The van der Waals surface area contributed by atoms with Crippen molar-refractivity contribution in [1.82, 2.24) is 4.90 Å². The summed E-state index contributed by atoms with van der Waals surface area (Å²) < 4.78 is 0. The molecular formula is C24H32N4OS. The molecule has 3 aliphatic rings. The molecular weight excluding hydrogens is 392 g/mol. The van der Waals surface area contributed by atoms with Crippen LogP contribution in [-0.4, -0.2) is 42.0 Å². The standard InChI is InChI=1S/C24H32N4OS/c1-5-17-11-18-7-8-20(29)19(18)12-21(17)30-24-15(3)14(2)22-16(4)26-13-27-23(22)28(24)10-6-9-25/h11-12,14,22H,5-10,13,25H2,1-4H3. The van der Waals surface area contributed by atoms with Crippen molar-refractivity contribution in [3.05, 3.63) is 39.4 Å². The van der Waals surface area contributed by atoms with E-state index in [0.29, 0.717) is 25.6 Å². The van der Waals surface area contributed by atoms with Crippen LogP contribution in [-0.2, 0) is 12.8 Å². The van der Waals surface area contributed by atoms with E-state index >= 15 is 0 Å². The maximum Gasteiger partial charge on any atom is 0.163 e. The lowest BCUT2D eigenvalue weighted by atomic mass is 9.81. The molecule has 1 aromatic rings. The highest BCUT2D eigenvalue weighted by atomic mass is 32.2. The molecule has 160 valence electrons. The predicted molar refractivity (Wildman–Crippen MR) is 125 cm³/mol. The smallest absolute Gasteiger partial charge is 0.163 e. The number of carbonyl (C=O) groups is 1. The number of rotatable bonds is 6. The average Bonchev–Trinajstić information content (AvgIpc) is 3.10. The second-order valence-electron chi connectivity index (χ2n) is 8.50. The van der Waals surface area contributed by atoms with Crippen LogP contribution < -0.4 is 5.73 Å². The number of carbonyl (C=O) groups excluding carboxylic acids is 1.